The van der Waals surface area contributed by atoms with Gasteiger partial charge in [0, 0.05) is 20.1 Å². The Hall–Kier alpha value is -2.91. The SMILES string of the molecule is Cc1c(C(F)(F)F)nc2ccc(C=Cc3nc(N4CCCC4)nn3C)nn12. The van der Waals surface area contributed by atoms with Crippen LogP contribution in [0.2, 0.25) is 0 Å². The van der Waals surface area contributed by atoms with E-state index in [1.54, 1.807) is 29.9 Å². The molecule has 0 spiro atoms. The number of nitrogens with zero attached hydrogens (tertiary/aromatic N) is 7. The lowest BCUT2D eigenvalue weighted by atomic mass is 10.3. The molecule has 0 saturated carbocycles. The average molecular weight is 377 g/mol. The molecule has 1 fully saturated rings. The standard InChI is InChI=1S/C17H18F3N7/c1-11-15(17(18,19)20)21-14-8-6-12(23-27(11)14)5-7-13-22-16(24-25(13)2)26-9-3-4-10-26/h5-8H,3-4,9-10H2,1-2H3. The zero-order valence-electron chi connectivity index (χ0n) is 14.9. The molecule has 27 heavy (non-hydrogen) atoms. The summed E-state index contributed by atoms with van der Waals surface area (Å²) in [5, 5.41) is 8.66. The first-order valence-corrected chi connectivity index (χ1v) is 8.60. The van der Waals surface area contributed by atoms with Crippen LogP contribution in [-0.4, -0.2) is 42.5 Å². The van der Waals surface area contributed by atoms with E-state index in [0.717, 1.165) is 25.9 Å². The van der Waals surface area contributed by atoms with E-state index in [0.29, 0.717) is 17.5 Å². The van der Waals surface area contributed by atoms with E-state index in [1.165, 1.54) is 17.5 Å². The molecule has 0 amide bonds. The number of imidazole rings is 1. The third kappa shape index (κ3) is 3.26. The summed E-state index contributed by atoms with van der Waals surface area (Å²) in [6.07, 6.45) is 1.22. The van der Waals surface area contributed by atoms with Crippen LogP contribution in [-0.2, 0) is 13.2 Å². The number of hydrogen-bond acceptors (Lipinski definition) is 5. The molecule has 1 aliphatic rings. The fourth-order valence-electron chi connectivity index (χ4n) is 3.15. The molecule has 0 bridgehead atoms. The molecule has 4 rings (SSSR count). The first-order valence-electron chi connectivity index (χ1n) is 8.60. The Balaban J connectivity index is 1.62. The van der Waals surface area contributed by atoms with Gasteiger partial charge in [0.25, 0.3) is 0 Å². The summed E-state index contributed by atoms with van der Waals surface area (Å²) in [5.41, 5.74) is -0.295. The van der Waals surface area contributed by atoms with Crippen LogP contribution < -0.4 is 4.90 Å². The Morgan fingerprint density at radius 1 is 1.04 bits per heavy atom. The molecule has 0 radical (unpaired) electrons. The second kappa shape index (κ2) is 6.36. The van der Waals surface area contributed by atoms with Gasteiger partial charge in [-0.1, -0.05) is 0 Å². The van der Waals surface area contributed by atoms with Gasteiger partial charge in [-0.05, 0) is 44.1 Å². The van der Waals surface area contributed by atoms with Crippen LogP contribution in [0.25, 0.3) is 17.8 Å². The fraction of sp³-hybridized carbons (Fsp3) is 0.412. The van der Waals surface area contributed by atoms with Crippen LogP contribution >= 0.6 is 0 Å². The van der Waals surface area contributed by atoms with E-state index < -0.39 is 11.9 Å². The summed E-state index contributed by atoms with van der Waals surface area (Å²) < 4.78 is 41.9. The molecule has 142 valence electrons. The van der Waals surface area contributed by atoms with E-state index >= 15 is 0 Å². The molecule has 1 aliphatic heterocycles. The predicted molar refractivity (Wildman–Crippen MR) is 94.1 cm³/mol. The Kier molecular flexibility index (Phi) is 4.12. The van der Waals surface area contributed by atoms with Gasteiger partial charge in [0.1, 0.15) is 0 Å². The molecule has 0 unspecified atom stereocenters. The molecule has 1 saturated heterocycles. The predicted octanol–water partition coefficient (Wildman–Crippen LogP) is 2.96. The van der Waals surface area contributed by atoms with Crippen molar-refractivity contribution in [1.82, 2.24) is 29.4 Å². The smallest absolute Gasteiger partial charge is 0.340 e. The van der Waals surface area contributed by atoms with Gasteiger partial charge >= 0.3 is 6.18 Å². The molecule has 10 heteroatoms. The third-order valence-electron chi connectivity index (χ3n) is 4.57. The molecule has 0 aliphatic carbocycles. The van der Waals surface area contributed by atoms with Gasteiger partial charge in [0.05, 0.1) is 11.4 Å². The molecular weight excluding hydrogens is 359 g/mol. The van der Waals surface area contributed by atoms with Crippen LogP contribution in [0.1, 0.15) is 35.7 Å². The average Bonchev–Trinajstić information content (AvgIpc) is 3.32. The first kappa shape index (κ1) is 17.5. The van der Waals surface area contributed by atoms with Crippen molar-refractivity contribution in [3.8, 4) is 0 Å². The highest BCUT2D eigenvalue weighted by Gasteiger charge is 2.36. The number of anilines is 1. The van der Waals surface area contributed by atoms with Crippen molar-refractivity contribution in [2.24, 2.45) is 7.05 Å². The molecule has 0 N–H and O–H groups in total. The zero-order chi connectivity index (χ0) is 19.2. The monoisotopic (exact) mass is 377 g/mol. The molecule has 0 atom stereocenters. The van der Waals surface area contributed by atoms with E-state index in [9.17, 15) is 13.2 Å². The second-order valence-corrected chi connectivity index (χ2v) is 6.49. The maximum Gasteiger partial charge on any atom is 0.435 e. The Morgan fingerprint density at radius 2 is 1.78 bits per heavy atom. The van der Waals surface area contributed by atoms with Gasteiger partial charge < -0.3 is 4.90 Å². The fourth-order valence-corrected chi connectivity index (χ4v) is 3.15. The Labute approximate surface area is 153 Å². The van der Waals surface area contributed by atoms with Crippen molar-refractivity contribution in [2.75, 3.05) is 18.0 Å². The maximum atomic E-state index is 13.0. The summed E-state index contributed by atoms with van der Waals surface area (Å²) >= 11 is 0. The highest BCUT2D eigenvalue weighted by molar-refractivity contribution is 5.65. The van der Waals surface area contributed by atoms with Gasteiger partial charge in [0.2, 0.25) is 5.95 Å². The van der Waals surface area contributed by atoms with E-state index in [4.69, 9.17) is 0 Å². The van der Waals surface area contributed by atoms with Crippen molar-refractivity contribution in [1.29, 1.82) is 0 Å². The van der Waals surface area contributed by atoms with Crippen LogP contribution in [0.4, 0.5) is 19.1 Å². The number of fused-ring (bicyclic) bond motifs is 1. The van der Waals surface area contributed by atoms with Crippen molar-refractivity contribution < 1.29 is 13.2 Å². The third-order valence-corrected chi connectivity index (χ3v) is 4.57. The van der Waals surface area contributed by atoms with Gasteiger partial charge in [-0.2, -0.15) is 23.3 Å². The Bertz CT molecular complexity index is 1010. The van der Waals surface area contributed by atoms with Gasteiger partial charge in [-0.3, -0.25) is 0 Å². The van der Waals surface area contributed by atoms with Gasteiger partial charge in [-0.15, -0.1) is 5.10 Å². The topological polar surface area (TPSA) is 64.1 Å². The minimum atomic E-state index is -4.50. The molecule has 4 heterocycles. The molecule has 7 nitrogen and oxygen atoms in total. The number of hydrogen-bond donors (Lipinski definition) is 0. The maximum absolute atomic E-state index is 13.0. The van der Waals surface area contributed by atoms with E-state index in [-0.39, 0.29) is 11.3 Å². The molecule has 0 aromatic carbocycles. The van der Waals surface area contributed by atoms with Crippen LogP contribution in [0.3, 0.4) is 0 Å². The van der Waals surface area contributed by atoms with E-state index in [1.807, 2.05) is 0 Å². The number of aryl methyl sites for hydroxylation is 2. The lowest BCUT2D eigenvalue weighted by Gasteiger charge is -2.10. The van der Waals surface area contributed by atoms with Crippen molar-refractivity contribution >= 4 is 23.7 Å². The summed E-state index contributed by atoms with van der Waals surface area (Å²) in [5.74, 6) is 1.34. The summed E-state index contributed by atoms with van der Waals surface area (Å²) in [6.45, 7) is 3.26. The van der Waals surface area contributed by atoms with E-state index in [2.05, 4.69) is 25.1 Å². The number of aromatic nitrogens is 6. The highest BCUT2D eigenvalue weighted by atomic mass is 19.4. The first-order chi connectivity index (χ1) is 12.8. The largest absolute Gasteiger partial charge is 0.435 e. The lowest BCUT2D eigenvalue weighted by Crippen LogP contribution is -2.19. The van der Waals surface area contributed by atoms with Gasteiger partial charge in [0.15, 0.2) is 17.2 Å². The molecule has 3 aromatic heterocycles. The molecular formula is C17H18F3N7. The highest BCUT2D eigenvalue weighted by Crippen LogP contribution is 2.31. The number of alkyl halides is 3. The van der Waals surface area contributed by atoms with Gasteiger partial charge in [-0.25, -0.2) is 14.2 Å². The normalized spacial score (nSPS) is 15.5. The van der Waals surface area contributed by atoms with Crippen molar-refractivity contribution in [2.45, 2.75) is 25.9 Å². The summed E-state index contributed by atoms with van der Waals surface area (Å²) in [7, 11) is 1.80. The van der Waals surface area contributed by atoms with Crippen LogP contribution in [0.5, 0.6) is 0 Å². The second-order valence-electron chi connectivity index (χ2n) is 6.49. The summed E-state index contributed by atoms with van der Waals surface area (Å²) in [4.78, 5) is 10.3. The van der Waals surface area contributed by atoms with Crippen LogP contribution in [0.15, 0.2) is 12.1 Å². The van der Waals surface area contributed by atoms with Crippen LogP contribution in [0, 0.1) is 6.92 Å². The van der Waals surface area contributed by atoms with Crippen molar-refractivity contribution in [3.63, 3.8) is 0 Å². The Morgan fingerprint density at radius 3 is 2.48 bits per heavy atom. The van der Waals surface area contributed by atoms with Crippen molar-refractivity contribution in [3.05, 3.63) is 35.0 Å². The minimum absolute atomic E-state index is 0.0391. The minimum Gasteiger partial charge on any atom is -0.340 e. The number of rotatable bonds is 3. The zero-order valence-corrected chi connectivity index (χ0v) is 14.9. The molecule has 3 aromatic rings. The number of halogens is 3. The lowest BCUT2D eigenvalue weighted by molar-refractivity contribution is -0.141. The quantitative estimate of drug-likeness (QED) is 0.702. The summed E-state index contributed by atoms with van der Waals surface area (Å²) in [6, 6.07) is 3.14.